The number of benzene rings is 2. The van der Waals surface area contributed by atoms with Gasteiger partial charge in [-0.15, -0.1) is 0 Å². The fourth-order valence-corrected chi connectivity index (χ4v) is 3.27. The van der Waals surface area contributed by atoms with Crippen LogP contribution in [0, 0.1) is 5.82 Å². The SMILES string of the molecule is COc1ccccc1N1CCN(Cc2noc(-c3ccc(F)cc3)n2)CC1. The van der Waals surface area contributed by atoms with Crippen LogP contribution in [0.25, 0.3) is 11.5 Å². The first kappa shape index (κ1) is 17.5. The Hall–Kier alpha value is -2.93. The predicted octanol–water partition coefficient (Wildman–Crippen LogP) is 3.21. The van der Waals surface area contributed by atoms with Crippen molar-refractivity contribution < 1.29 is 13.7 Å². The van der Waals surface area contributed by atoms with Crippen molar-refractivity contribution in [2.45, 2.75) is 6.54 Å². The number of rotatable bonds is 5. The largest absolute Gasteiger partial charge is 0.495 e. The minimum atomic E-state index is -0.286. The van der Waals surface area contributed by atoms with Crippen molar-refractivity contribution in [1.29, 1.82) is 0 Å². The lowest BCUT2D eigenvalue weighted by Crippen LogP contribution is -2.46. The number of anilines is 1. The van der Waals surface area contributed by atoms with Crippen molar-refractivity contribution in [3.63, 3.8) is 0 Å². The summed E-state index contributed by atoms with van der Waals surface area (Å²) >= 11 is 0. The maximum atomic E-state index is 13.0. The maximum absolute atomic E-state index is 13.0. The fourth-order valence-electron chi connectivity index (χ4n) is 3.27. The van der Waals surface area contributed by atoms with E-state index in [0.717, 1.165) is 43.2 Å². The van der Waals surface area contributed by atoms with Gasteiger partial charge in [0.25, 0.3) is 5.89 Å². The van der Waals surface area contributed by atoms with E-state index in [4.69, 9.17) is 9.26 Å². The van der Waals surface area contributed by atoms with E-state index in [2.05, 4.69) is 26.0 Å². The summed E-state index contributed by atoms with van der Waals surface area (Å²) < 4.78 is 23.8. The van der Waals surface area contributed by atoms with Crippen LogP contribution in [0.5, 0.6) is 5.75 Å². The molecule has 0 saturated carbocycles. The second-order valence-electron chi connectivity index (χ2n) is 6.46. The molecule has 2 aromatic carbocycles. The number of hydrogen-bond donors (Lipinski definition) is 0. The second-order valence-corrected chi connectivity index (χ2v) is 6.46. The molecule has 2 heterocycles. The van der Waals surface area contributed by atoms with Gasteiger partial charge in [-0.05, 0) is 36.4 Å². The molecule has 0 N–H and O–H groups in total. The smallest absolute Gasteiger partial charge is 0.257 e. The van der Waals surface area contributed by atoms with Gasteiger partial charge in [0.2, 0.25) is 0 Å². The topological polar surface area (TPSA) is 54.6 Å². The van der Waals surface area contributed by atoms with Crippen LogP contribution in [-0.2, 0) is 6.54 Å². The molecule has 1 aliphatic rings. The van der Waals surface area contributed by atoms with E-state index in [-0.39, 0.29) is 5.82 Å². The Morgan fingerprint density at radius 2 is 1.78 bits per heavy atom. The molecule has 0 aliphatic carbocycles. The van der Waals surface area contributed by atoms with E-state index in [0.29, 0.717) is 18.3 Å². The third kappa shape index (κ3) is 3.93. The van der Waals surface area contributed by atoms with E-state index in [1.165, 1.54) is 12.1 Å². The van der Waals surface area contributed by atoms with Crippen LogP contribution in [-0.4, -0.2) is 48.3 Å². The van der Waals surface area contributed by atoms with Crippen LogP contribution in [0.1, 0.15) is 5.82 Å². The molecule has 4 rings (SSSR count). The number of methoxy groups -OCH3 is 1. The van der Waals surface area contributed by atoms with Gasteiger partial charge in [0.05, 0.1) is 19.3 Å². The molecular weight excluding hydrogens is 347 g/mol. The van der Waals surface area contributed by atoms with Crippen molar-refractivity contribution >= 4 is 5.69 Å². The Kier molecular flexibility index (Phi) is 5.02. The molecule has 1 aliphatic heterocycles. The minimum Gasteiger partial charge on any atom is -0.495 e. The molecule has 7 heteroatoms. The molecule has 3 aromatic rings. The molecule has 1 saturated heterocycles. The Bertz CT molecular complexity index is 889. The van der Waals surface area contributed by atoms with Crippen molar-refractivity contribution in [2.24, 2.45) is 0 Å². The average Bonchev–Trinajstić information content (AvgIpc) is 3.17. The summed E-state index contributed by atoms with van der Waals surface area (Å²) in [6, 6.07) is 14.1. The van der Waals surface area contributed by atoms with Crippen molar-refractivity contribution in [1.82, 2.24) is 15.0 Å². The summed E-state index contributed by atoms with van der Waals surface area (Å²) in [5, 5.41) is 4.06. The van der Waals surface area contributed by atoms with E-state index in [9.17, 15) is 4.39 Å². The van der Waals surface area contributed by atoms with Gasteiger partial charge in [0, 0.05) is 31.7 Å². The zero-order valence-corrected chi connectivity index (χ0v) is 15.1. The van der Waals surface area contributed by atoms with Crippen LogP contribution >= 0.6 is 0 Å². The molecule has 0 radical (unpaired) electrons. The van der Waals surface area contributed by atoms with Gasteiger partial charge in [-0.1, -0.05) is 17.3 Å². The van der Waals surface area contributed by atoms with E-state index in [1.807, 2.05) is 18.2 Å². The Balaban J connectivity index is 1.36. The monoisotopic (exact) mass is 368 g/mol. The van der Waals surface area contributed by atoms with E-state index in [1.54, 1.807) is 19.2 Å². The van der Waals surface area contributed by atoms with Crippen LogP contribution in [0.15, 0.2) is 53.1 Å². The van der Waals surface area contributed by atoms with Crippen molar-refractivity contribution in [2.75, 3.05) is 38.2 Å². The van der Waals surface area contributed by atoms with Crippen LogP contribution in [0.4, 0.5) is 10.1 Å². The first-order chi connectivity index (χ1) is 13.2. The predicted molar refractivity (Wildman–Crippen MR) is 100 cm³/mol. The lowest BCUT2D eigenvalue weighted by Gasteiger charge is -2.36. The highest BCUT2D eigenvalue weighted by Gasteiger charge is 2.21. The third-order valence-electron chi connectivity index (χ3n) is 4.72. The molecule has 0 amide bonds. The molecule has 1 aromatic heterocycles. The molecule has 0 unspecified atom stereocenters. The highest BCUT2D eigenvalue weighted by atomic mass is 19.1. The van der Waals surface area contributed by atoms with Gasteiger partial charge in [-0.2, -0.15) is 4.98 Å². The molecular formula is C20H21FN4O2. The summed E-state index contributed by atoms with van der Waals surface area (Å²) in [5.41, 5.74) is 1.84. The van der Waals surface area contributed by atoms with Crippen LogP contribution in [0.3, 0.4) is 0 Å². The van der Waals surface area contributed by atoms with E-state index >= 15 is 0 Å². The number of aromatic nitrogens is 2. The normalized spacial score (nSPS) is 15.1. The highest BCUT2D eigenvalue weighted by molar-refractivity contribution is 5.58. The highest BCUT2D eigenvalue weighted by Crippen LogP contribution is 2.28. The lowest BCUT2D eigenvalue weighted by atomic mass is 10.2. The third-order valence-corrected chi connectivity index (χ3v) is 4.72. The first-order valence-electron chi connectivity index (χ1n) is 8.92. The van der Waals surface area contributed by atoms with Crippen molar-refractivity contribution in [3.05, 3.63) is 60.2 Å². The summed E-state index contributed by atoms with van der Waals surface area (Å²) in [6.45, 7) is 4.24. The standard InChI is InChI=1S/C20H21FN4O2/c1-26-18-5-3-2-4-17(18)25-12-10-24(11-13-25)14-19-22-20(27-23-19)15-6-8-16(21)9-7-15/h2-9H,10-14H2,1H3. The Labute approximate surface area is 157 Å². The zero-order valence-electron chi connectivity index (χ0n) is 15.1. The minimum absolute atomic E-state index is 0.286. The number of piperazine rings is 1. The van der Waals surface area contributed by atoms with Gasteiger partial charge in [-0.3, -0.25) is 4.90 Å². The molecule has 140 valence electrons. The van der Waals surface area contributed by atoms with Crippen LogP contribution in [0.2, 0.25) is 0 Å². The summed E-state index contributed by atoms with van der Waals surface area (Å²) in [7, 11) is 1.70. The summed E-state index contributed by atoms with van der Waals surface area (Å²) in [6.07, 6.45) is 0. The molecule has 0 spiro atoms. The van der Waals surface area contributed by atoms with Gasteiger partial charge < -0.3 is 14.2 Å². The number of nitrogens with zero attached hydrogens (tertiary/aromatic N) is 4. The average molecular weight is 368 g/mol. The number of hydrogen-bond acceptors (Lipinski definition) is 6. The van der Waals surface area contributed by atoms with Gasteiger partial charge >= 0.3 is 0 Å². The second kappa shape index (κ2) is 7.75. The number of ether oxygens (including phenoxy) is 1. The fraction of sp³-hybridized carbons (Fsp3) is 0.300. The Morgan fingerprint density at radius 3 is 2.52 bits per heavy atom. The molecule has 0 atom stereocenters. The van der Waals surface area contributed by atoms with E-state index < -0.39 is 0 Å². The molecule has 0 bridgehead atoms. The summed E-state index contributed by atoms with van der Waals surface area (Å²) in [5.74, 6) is 1.66. The quantitative estimate of drug-likeness (QED) is 0.689. The summed E-state index contributed by atoms with van der Waals surface area (Å²) in [4.78, 5) is 9.06. The number of para-hydroxylation sites is 2. The van der Waals surface area contributed by atoms with Gasteiger partial charge in [0.1, 0.15) is 11.6 Å². The number of halogens is 1. The Morgan fingerprint density at radius 1 is 1.04 bits per heavy atom. The first-order valence-corrected chi connectivity index (χ1v) is 8.92. The molecule has 1 fully saturated rings. The van der Waals surface area contributed by atoms with Gasteiger partial charge in [-0.25, -0.2) is 4.39 Å². The maximum Gasteiger partial charge on any atom is 0.257 e. The van der Waals surface area contributed by atoms with Gasteiger partial charge in [0.15, 0.2) is 5.82 Å². The molecule has 6 nitrogen and oxygen atoms in total. The van der Waals surface area contributed by atoms with Crippen molar-refractivity contribution in [3.8, 4) is 17.2 Å². The lowest BCUT2D eigenvalue weighted by molar-refractivity contribution is 0.239. The van der Waals surface area contributed by atoms with Crippen LogP contribution < -0.4 is 9.64 Å². The zero-order chi connectivity index (χ0) is 18.6. The molecule has 27 heavy (non-hydrogen) atoms.